The fourth-order valence-electron chi connectivity index (χ4n) is 3.70. The van der Waals surface area contributed by atoms with E-state index in [9.17, 15) is 0 Å². The molecule has 0 radical (unpaired) electrons. The van der Waals surface area contributed by atoms with Gasteiger partial charge in [0, 0.05) is 15.4 Å². The van der Waals surface area contributed by atoms with Crippen molar-refractivity contribution in [1.82, 2.24) is 10.2 Å². The first kappa shape index (κ1) is 15.5. The summed E-state index contributed by atoms with van der Waals surface area (Å²) in [5.74, 6) is 0.810. The maximum Gasteiger partial charge on any atom is 0.0524 e. The molecular formula is C15H25BrN2S. The van der Waals surface area contributed by atoms with E-state index in [2.05, 4.69) is 65.0 Å². The molecule has 0 aliphatic heterocycles. The van der Waals surface area contributed by atoms with Crippen LogP contribution in [-0.4, -0.2) is 31.6 Å². The Bertz CT molecular complexity index is 418. The highest BCUT2D eigenvalue weighted by Gasteiger charge is 2.44. The Labute approximate surface area is 129 Å². The minimum Gasteiger partial charge on any atom is -0.311 e. The lowest BCUT2D eigenvalue weighted by molar-refractivity contribution is 0.0392. The summed E-state index contributed by atoms with van der Waals surface area (Å²) in [4.78, 5) is 2.45. The summed E-state index contributed by atoms with van der Waals surface area (Å²) >= 11 is 5.49. The van der Waals surface area contributed by atoms with Crippen molar-refractivity contribution in [1.29, 1.82) is 0 Å². The van der Waals surface area contributed by atoms with Gasteiger partial charge in [0.1, 0.15) is 0 Å². The van der Waals surface area contributed by atoms with Gasteiger partial charge in [0.05, 0.1) is 6.04 Å². The predicted octanol–water partition coefficient (Wildman–Crippen LogP) is 4.28. The Balaban J connectivity index is 2.39. The zero-order valence-corrected chi connectivity index (χ0v) is 14.8. The van der Waals surface area contributed by atoms with E-state index in [1.807, 2.05) is 0 Å². The lowest BCUT2D eigenvalue weighted by Crippen LogP contribution is -2.55. The zero-order chi connectivity index (χ0) is 14.0. The molecule has 1 N–H and O–H groups in total. The quantitative estimate of drug-likeness (QED) is 0.876. The van der Waals surface area contributed by atoms with Crippen LogP contribution >= 0.6 is 27.3 Å². The molecule has 1 fully saturated rings. The van der Waals surface area contributed by atoms with Gasteiger partial charge < -0.3 is 10.2 Å². The number of nitrogens with zero attached hydrogens (tertiary/aromatic N) is 1. The molecule has 1 aliphatic rings. The molecule has 4 heteroatoms. The van der Waals surface area contributed by atoms with Gasteiger partial charge in [-0.2, -0.15) is 11.3 Å². The predicted molar refractivity (Wildman–Crippen MR) is 87.9 cm³/mol. The van der Waals surface area contributed by atoms with Crippen LogP contribution in [-0.2, 0) is 0 Å². The Kier molecular flexibility index (Phi) is 5.09. The zero-order valence-electron chi connectivity index (χ0n) is 12.4. The number of hydrogen-bond acceptors (Lipinski definition) is 3. The summed E-state index contributed by atoms with van der Waals surface area (Å²) < 4.78 is 1.25. The van der Waals surface area contributed by atoms with Crippen molar-refractivity contribution in [3.05, 3.63) is 20.8 Å². The van der Waals surface area contributed by atoms with Crippen molar-refractivity contribution in [3.8, 4) is 0 Å². The molecule has 108 valence electrons. The fraction of sp³-hybridized carbons (Fsp3) is 0.733. The van der Waals surface area contributed by atoms with Crippen LogP contribution in [0.1, 0.15) is 44.2 Å². The SMILES string of the molecule is CNC(c1cscc1Br)C1(N(C)C)CCCC(C)C1. The molecule has 0 bridgehead atoms. The minimum absolute atomic E-state index is 0.232. The molecule has 2 rings (SSSR count). The van der Waals surface area contributed by atoms with E-state index in [1.165, 1.54) is 35.7 Å². The third-order valence-electron chi connectivity index (χ3n) is 4.68. The molecule has 2 nitrogen and oxygen atoms in total. The highest BCUT2D eigenvalue weighted by atomic mass is 79.9. The van der Waals surface area contributed by atoms with E-state index >= 15 is 0 Å². The van der Waals surface area contributed by atoms with E-state index in [0.717, 1.165) is 5.92 Å². The summed E-state index contributed by atoms with van der Waals surface area (Å²) in [5, 5.41) is 8.07. The van der Waals surface area contributed by atoms with Gasteiger partial charge in [-0.05, 0) is 66.8 Å². The second kappa shape index (κ2) is 6.25. The molecule has 1 aromatic heterocycles. The van der Waals surface area contributed by atoms with Crippen LogP contribution in [0.5, 0.6) is 0 Å². The maximum absolute atomic E-state index is 3.71. The van der Waals surface area contributed by atoms with E-state index in [4.69, 9.17) is 0 Å². The molecule has 0 spiro atoms. The van der Waals surface area contributed by atoms with Crippen LogP contribution < -0.4 is 5.32 Å². The smallest absolute Gasteiger partial charge is 0.0524 e. The minimum atomic E-state index is 0.232. The molecule has 1 aliphatic carbocycles. The molecule has 1 saturated carbocycles. The summed E-state index contributed by atoms with van der Waals surface area (Å²) in [7, 11) is 6.57. The maximum atomic E-state index is 3.71. The number of nitrogens with one attached hydrogen (secondary N) is 1. The van der Waals surface area contributed by atoms with E-state index in [1.54, 1.807) is 11.3 Å². The highest BCUT2D eigenvalue weighted by molar-refractivity contribution is 9.10. The van der Waals surface area contributed by atoms with Crippen LogP contribution in [0.25, 0.3) is 0 Å². The van der Waals surface area contributed by atoms with Crippen molar-refractivity contribution in [3.63, 3.8) is 0 Å². The van der Waals surface area contributed by atoms with Gasteiger partial charge >= 0.3 is 0 Å². The average Bonchev–Trinajstić information content (AvgIpc) is 2.76. The summed E-state index contributed by atoms with van der Waals surface area (Å²) in [6.07, 6.45) is 5.25. The van der Waals surface area contributed by atoms with Crippen molar-refractivity contribution < 1.29 is 0 Å². The highest BCUT2D eigenvalue weighted by Crippen LogP contribution is 2.45. The fourth-order valence-corrected chi connectivity index (χ4v) is 5.25. The third-order valence-corrected chi connectivity index (χ3v) is 6.43. The number of rotatable bonds is 4. The molecule has 0 amide bonds. The van der Waals surface area contributed by atoms with Crippen LogP contribution in [0.3, 0.4) is 0 Å². The van der Waals surface area contributed by atoms with E-state index in [-0.39, 0.29) is 5.54 Å². The molecule has 1 heterocycles. The van der Waals surface area contributed by atoms with Crippen LogP contribution in [0.15, 0.2) is 15.2 Å². The molecule has 0 aromatic carbocycles. The topological polar surface area (TPSA) is 15.3 Å². The number of hydrogen-bond donors (Lipinski definition) is 1. The first-order chi connectivity index (χ1) is 9.01. The summed E-state index contributed by atoms with van der Waals surface area (Å²) in [5.41, 5.74) is 1.64. The lowest BCUT2D eigenvalue weighted by Gasteiger charge is -2.50. The lowest BCUT2D eigenvalue weighted by atomic mass is 9.70. The van der Waals surface area contributed by atoms with E-state index in [0.29, 0.717) is 6.04 Å². The summed E-state index contributed by atoms with van der Waals surface area (Å²) in [6, 6.07) is 0.394. The van der Waals surface area contributed by atoms with Crippen molar-refractivity contribution in [2.45, 2.75) is 44.2 Å². The standard InChI is InChI=1S/C15H25BrN2S/c1-11-6-5-7-15(8-11,18(3)4)14(17-2)12-9-19-10-13(12)16/h9-11,14,17H,5-8H2,1-4H3. The van der Waals surface area contributed by atoms with Gasteiger partial charge in [-0.3, -0.25) is 0 Å². The average molecular weight is 345 g/mol. The first-order valence-electron chi connectivity index (χ1n) is 7.07. The number of likely N-dealkylation sites (N-methyl/N-ethyl adjacent to an activating group) is 2. The monoisotopic (exact) mass is 344 g/mol. The van der Waals surface area contributed by atoms with Crippen LogP contribution in [0, 0.1) is 5.92 Å². The van der Waals surface area contributed by atoms with Gasteiger partial charge in [-0.1, -0.05) is 19.8 Å². The Hall–Kier alpha value is 0.1000. The van der Waals surface area contributed by atoms with Gasteiger partial charge in [0.2, 0.25) is 0 Å². The van der Waals surface area contributed by atoms with Gasteiger partial charge in [-0.15, -0.1) is 0 Å². The molecular weight excluding hydrogens is 320 g/mol. The second-order valence-electron chi connectivity index (χ2n) is 6.10. The Morgan fingerprint density at radius 2 is 2.21 bits per heavy atom. The third kappa shape index (κ3) is 2.92. The molecule has 19 heavy (non-hydrogen) atoms. The number of halogens is 1. The Morgan fingerprint density at radius 1 is 1.47 bits per heavy atom. The molecule has 0 saturated heterocycles. The van der Waals surface area contributed by atoms with Crippen molar-refractivity contribution in [2.24, 2.45) is 5.92 Å². The molecule has 3 atom stereocenters. The van der Waals surface area contributed by atoms with E-state index < -0.39 is 0 Å². The summed E-state index contributed by atoms with van der Waals surface area (Å²) in [6.45, 7) is 2.40. The Morgan fingerprint density at radius 3 is 2.68 bits per heavy atom. The first-order valence-corrected chi connectivity index (χ1v) is 8.81. The van der Waals surface area contributed by atoms with Crippen LogP contribution in [0.4, 0.5) is 0 Å². The van der Waals surface area contributed by atoms with Gasteiger partial charge in [-0.25, -0.2) is 0 Å². The van der Waals surface area contributed by atoms with Gasteiger partial charge in [0.15, 0.2) is 0 Å². The molecule has 3 unspecified atom stereocenters. The molecule has 1 aromatic rings. The largest absolute Gasteiger partial charge is 0.311 e. The van der Waals surface area contributed by atoms with Crippen molar-refractivity contribution in [2.75, 3.05) is 21.1 Å². The van der Waals surface area contributed by atoms with Crippen LogP contribution in [0.2, 0.25) is 0 Å². The second-order valence-corrected chi connectivity index (χ2v) is 7.69. The number of thiophene rings is 1. The van der Waals surface area contributed by atoms with Gasteiger partial charge in [0.25, 0.3) is 0 Å². The van der Waals surface area contributed by atoms with Crippen molar-refractivity contribution >= 4 is 27.3 Å². The normalized spacial score (nSPS) is 29.7.